The third kappa shape index (κ3) is 5.19. The number of carbonyl (C=O) groups excluding carboxylic acids is 2. The lowest BCUT2D eigenvalue weighted by atomic mass is 9.96. The molecule has 0 aromatic heterocycles. The predicted molar refractivity (Wildman–Crippen MR) is 71.6 cm³/mol. The molecular weight excluding hydrogens is 246 g/mol. The molecule has 0 aromatic carbocycles. The molecule has 0 amide bonds. The Morgan fingerprint density at radius 1 is 0.947 bits per heavy atom. The van der Waals surface area contributed by atoms with Crippen LogP contribution in [0.4, 0.5) is 0 Å². The minimum atomic E-state index is -0.397. The van der Waals surface area contributed by atoms with E-state index in [1.54, 1.807) is 0 Å². The zero-order valence-electron chi connectivity index (χ0n) is 11.9. The van der Waals surface area contributed by atoms with Crippen LogP contribution in [0.1, 0.15) is 39.5 Å². The maximum atomic E-state index is 11.9. The van der Waals surface area contributed by atoms with E-state index in [4.69, 9.17) is 9.47 Å². The van der Waals surface area contributed by atoms with E-state index in [0.29, 0.717) is 26.3 Å². The monoisotopic (exact) mass is 271 g/mol. The Labute approximate surface area is 115 Å². The fourth-order valence-corrected chi connectivity index (χ4v) is 2.02. The molecule has 1 aliphatic rings. The lowest BCUT2D eigenvalue weighted by molar-refractivity contribution is -0.158. The summed E-state index contributed by atoms with van der Waals surface area (Å²) in [6, 6.07) is 0. The largest absolute Gasteiger partial charge is 0.465 e. The second-order valence-electron chi connectivity index (χ2n) is 4.91. The molecule has 0 bridgehead atoms. The van der Waals surface area contributed by atoms with Gasteiger partial charge in [-0.25, -0.2) is 0 Å². The van der Waals surface area contributed by atoms with Crippen molar-refractivity contribution in [1.82, 2.24) is 5.32 Å². The first-order valence-electron chi connectivity index (χ1n) is 7.24. The number of ether oxygens (including phenoxy) is 2. The summed E-state index contributed by atoms with van der Waals surface area (Å²) in [4.78, 5) is 23.8. The van der Waals surface area contributed by atoms with E-state index >= 15 is 0 Å². The fraction of sp³-hybridized carbons (Fsp3) is 0.857. The maximum absolute atomic E-state index is 11.9. The smallest absolute Gasteiger partial charge is 0.311 e. The van der Waals surface area contributed by atoms with Gasteiger partial charge in [-0.2, -0.15) is 0 Å². The van der Waals surface area contributed by atoms with Gasteiger partial charge in [-0.05, 0) is 12.8 Å². The third-order valence-corrected chi connectivity index (χ3v) is 3.30. The van der Waals surface area contributed by atoms with Crippen LogP contribution in [-0.4, -0.2) is 38.2 Å². The summed E-state index contributed by atoms with van der Waals surface area (Å²) < 4.78 is 10.4. The molecule has 1 fully saturated rings. The number of carbonyl (C=O) groups is 2. The van der Waals surface area contributed by atoms with Gasteiger partial charge in [-0.15, -0.1) is 0 Å². The van der Waals surface area contributed by atoms with Crippen LogP contribution in [0.2, 0.25) is 0 Å². The maximum Gasteiger partial charge on any atom is 0.311 e. The summed E-state index contributed by atoms with van der Waals surface area (Å²) in [5.41, 5.74) is 0. The Morgan fingerprint density at radius 2 is 1.37 bits per heavy atom. The molecule has 19 heavy (non-hydrogen) atoms. The number of hydrogen-bond acceptors (Lipinski definition) is 5. The van der Waals surface area contributed by atoms with E-state index in [9.17, 15) is 9.59 Å². The standard InChI is InChI=1S/C14H25NO4/c1-3-5-7-18-13(16)11-9-15-10-12(11)14(17)19-8-6-4-2/h11-12,15H,3-10H2,1-2H3/t11-,12?/m0/s1. The van der Waals surface area contributed by atoms with Crippen LogP contribution in [0.5, 0.6) is 0 Å². The van der Waals surface area contributed by atoms with Crippen molar-refractivity contribution in [3.8, 4) is 0 Å². The molecule has 1 aliphatic heterocycles. The summed E-state index contributed by atoms with van der Waals surface area (Å²) in [5.74, 6) is -1.36. The van der Waals surface area contributed by atoms with Gasteiger partial charge in [0.05, 0.1) is 25.0 Å². The van der Waals surface area contributed by atoms with Crippen LogP contribution in [0.3, 0.4) is 0 Å². The van der Waals surface area contributed by atoms with Crippen LogP contribution >= 0.6 is 0 Å². The summed E-state index contributed by atoms with van der Waals surface area (Å²) in [7, 11) is 0. The zero-order valence-corrected chi connectivity index (χ0v) is 11.9. The lowest BCUT2D eigenvalue weighted by Crippen LogP contribution is -2.31. The number of esters is 2. The quantitative estimate of drug-likeness (QED) is 0.535. The minimum Gasteiger partial charge on any atom is -0.465 e. The molecule has 0 radical (unpaired) electrons. The molecule has 2 atom stereocenters. The molecular formula is C14H25NO4. The first-order valence-corrected chi connectivity index (χ1v) is 7.24. The minimum absolute atomic E-state index is 0.282. The lowest BCUT2D eigenvalue weighted by Gasteiger charge is -2.16. The van der Waals surface area contributed by atoms with Crippen LogP contribution < -0.4 is 5.32 Å². The third-order valence-electron chi connectivity index (χ3n) is 3.30. The van der Waals surface area contributed by atoms with Crippen LogP contribution in [-0.2, 0) is 19.1 Å². The second kappa shape index (κ2) is 8.91. The van der Waals surface area contributed by atoms with Crippen LogP contribution in [0.15, 0.2) is 0 Å². The first-order chi connectivity index (χ1) is 9.20. The SMILES string of the molecule is CCCCOC(=O)C1CNC[C@@H]1C(=O)OCCCC. The van der Waals surface area contributed by atoms with Crippen LogP contribution in [0.25, 0.3) is 0 Å². The van der Waals surface area contributed by atoms with E-state index in [1.165, 1.54) is 0 Å². The van der Waals surface area contributed by atoms with Gasteiger partial charge < -0.3 is 14.8 Å². The first kappa shape index (κ1) is 16.0. The summed E-state index contributed by atoms with van der Waals surface area (Å²) in [6.07, 6.45) is 3.69. The van der Waals surface area contributed by atoms with Crippen molar-refractivity contribution in [2.24, 2.45) is 11.8 Å². The topological polar surface area (TPSA) is 64.6 Å². The summed E-state index contributed by atoms with van der Waals surface area (Å²) >= 11 is 0. The number of hydrogen-bond donors (Lipinski definition) is 1. The molecule has 1 N–H and O–H groups in total. The molecule has 1 saturated heterocycles. The molecule has 5 nitrogen and oxygen atoms in total. The van der Waals surface area contributed by atoms with E-state index in [-0.39, 0.29) is 11.9 Å². The van der Waals surface area contributed by atoms with Crippen molar-refractivity contribution < 1.29 is 19.1 Å². The van der Waals surface area contributed by atoms with Gasteiger partial charge in [0.2, 0.25) is 0 Å². The predicted octanol–water partition coefficient (Wildman–Crippen LogP) is 1.51. The number of rotatable bonds is 8. The van der Waals surface area contributed by atoms with E-state index in [0.717, 1.165) is 25.7 Å². The van der Waals surface area contributed by atoms with Crippen molar-refractivity contribution >= 4 is 11.9 Å². The summed E-state index contributed by atoms with van der Waals surface area (Å²) in [5, 5.41) is 3.06. The Morgan fingerprint density at radius 3 is 1.74 bits per heavy atom. The highest BCUT2D eigenvalue weighted by Gasteiger charge is 2.39. The van der Waals surface area contributed by atoms with E-state index < -0.39 is 11.8 Å². The molecule has 0 spiro atoms. The highest BCUT2D eigenvalue weighted by molar-refractivity contribution is 5.83. The van der Waals surface area contributed by atoms with Gasteiger partial charge in [-0.1, -0.05) is 26.7 Å². The highest BCUT2D eigenvalue weighted by Crippen LogP contribution is 2.20. The molecule has 5 heteroatoms. The van der Waals surface area contributed by atoms with Crippen LogP contribution in [0, 0.1) is 11.8 Å². The van der Waals surface area contributed by atoms with Gasteiger partial charge in [0, 0.05) is 13.1 Å². The van der Waals surface area contributed by atoms with Crippen molar-refractivity contribution in [3.63, 3.8) is 0 Å². The van der Waals surface area contributed by atoms with Gasteiger partial charge in [0.25, 0.3) is 0 Å². The second-order valence-corrected chi connectivity index (χ2v) is 4.91. The zero-order chi connectivity index (χ0) is 14.1. The van der Waals surface area contributed by atoms with Gasteiger partial charge in [0.1, 0.15) is 0 Å². The van der Waals surface area contributed by atoms with E-state index in [2.05, 4.69) is 5.32 Å². The molecule has 1 rings (SSSR count). The molecule has 1 heterocycles. The van der Waals surface area contributed by atoms with E-state index in [1.807, 2.05) is 13.8 Å². The Balaban J connectivity index is 2.39. The molecule has 0 saturated carbocycles. The highest BCUT2D eigenvalue weighted by atomic mass is 16.5. The van der Waals surface area contributed by atoms with Gasteiger partial charge >= 0.3 is 11.9 Å². The molecule has 0 aliphatic carbocycles. The van der Waals surface area contributed by atoms with Gasteiger partial charge in [-0.3, -0.25) is 9.59 Å². The average molecular weight is 271 g/mol. The fourth-order valence-electron chi connectivity index (χ4n) is 2.02. The van der Waals surface area contributed by atoms with Crippen molar-refractivity contribution in [2.45, 2.75) is 39.5 Å². The summed E-state index contributed by atoms with van der Waals surface area (Å²) in [6.45, 7) is 5.95. The molecule has 0 aromatic rings. The molecule has 1 unspecified atom stereocenters. The number of unbranched alkanes of at least 4 members (excludes halogenated alkanes) is 2. The average Bonchev–Trinajstić information content (AvgIpc) is 2.88. The van der Waals surface area contributed by atoms with Crippen molar-refractivity contribution in [1.29, 1.82) is 0 Å². The normalized spacial score (nSPS) is 22.2. The van der Waals surface area contributed by atoms with Crippen molar-refractivity contribution in [3.05, 3.63) is 0 Å². The van der Waals surface area contributed by atoms with Gasteiger partial charge in [0.15, 0.2) is 0 Å². The Kier molecular flexibility index (Phi) is 7.48. The Bertz CT molecular complexity index is 265. The number of nitrogens with one attached hydrogen (secondary N) is 1. The molecule has 110 valence electrons. The van der Waals surface area contributed by atoms with Crippen molar-refractivity contribution in [2.75, 3.05) is 26.3 Å². The Hall–Kier alpha value is -1.10.